The third-order valence-electron chi connectivity index (χ3n) is 4.12. The standard InChI is InChI=1S/C19H28F2N4O4/c1-19(2,3)29-18(26)25-9-7-24(8-10-25)17(22)23-12-13-5-6-14(27-4)15(11-13)28-16(20)21/h5-6,11,16H,7-10,12H2,1-4H3,(H2,22,23). The van der Waals surface area contributed by atoms with Gasteiger partial charge in [0.25, 0.3) is 0 Å². The van der Waals surface area contributed by atoms with Gasteiger partial charge in [-0.25, -0.2) is 9.79 Å². The Balaban J connectivity index is 1.93. The van der Waals surface area contributed by atoms with Crippen molar-refractivity contribution < 1.29 is 27.8 Å². The van der Waals surface area contributed by atoms with Crippen LogP contribution in [0.25, 0.3) is 0 Å². The molecule has 0 spiro atoms. The zero-order valence-corrected chi connectivity index (χ0v) is 17.2. The number of rotatable bonds is 5. The van der Waals surface area contributed by atoms with E-state index in [0.29, 0.717) is 37.7 Å². The molecule has 0 bridgehead atoms. The Morgan fingerprint density at radius 1 is 1.17 bits per heavy atom. The molecule has 2 N–H and O–H groups in total. The molecular formula is C19H28F2N4O4. The predicted molar refractivity (Wildman–Crippen MR) is 104 cm³/mol. The minimum absolute atomic E-state index is 0.0558. The van der Waals surface area contributed by atoms with Gasteiger partial charge in [0.2, 0.25) is 0 Å². The number of alkyl halides is 2. The van der Waals surface area contributed by atoms with Gasteiger partial charge in [0.1, 0.15) is 5.60 Å². The van der Waals surface area contributed by atoms with Gasteiger partial charge < -0.3 is 29.7 Å². The number of nitrogens with zero attached hydrogens (tertiary/aromatic N) is 3. The third kappa shape index (κ3) is 6.95. The number of halogens is 2. The van der Waals surface area contributed by atoms with E-state index >= 15 is 0 Å². The average molecular weight is 414 g/mol. The number of methoxy groups -OCH3 is 1. The normalized spacial score (nSPS) is 15.5. The Labute approximate surface area is 169 Å². The first-order chi connectivity index (χ1) is 13.6. The Bertz CT molecular complexity index is 729. The molecule has 1 heterocycles. The van der Waals surface area contributed by atoms with E-state index in [1.165, 1.54) is 13.2 Å². The topological polar surface area (TPSA) is 89.6 Å². The summed E-state index contributed by atoms with van der Waals surface area (Å²) in [6.45, 7) is 4.71. The van der Waals surface area contributed by atoms with E-state index in [2.05, 4.69) is 9.73 Å². The van der Waals surface area contributed by atoms with Gasteiger partial charge in [-0.3, -0.25) is 0 Å². The van der Waals surface area contributed by atoms with E-state index in [9.17, 15) is 13.6 Å². The summed E-state index contributed by atoms with van der Waals surface area (Å²) >= 11 is 0. The number of hydrogen-bond acceptors (Lipinski definition) is 5. The third-order valence-corrected chi connectivity index (χ3v) is 4.12. The van der Waals surface area contributed by atoms with Crippen LogP contribution in [0.1, 0.15) is 26.3 Å². The van der Waals surface area contributed by atoms with Crippen LogP contribution in [0.15, 0.2) is 23.2 Å². The van der Waals surface area contributed by atoms with Crippen molar-refractivity contribution in [3.05, 3.63) is 23.8 Å². The summed E-state index contributed by atoms with van der Waals surface area (Å²) in [6, 6.07) is 4.69. The number of guanidine groups is 1. The highest BCUT2D eigenvalue weighted by molar-refractivity contribution is 5.78. The van der Waals surface area contributed by atoms with E-state index in [1.54, 1.807) is 17.0 Å². The SMILES string of the molecule is COc1ccc(CN=C(N)N2CCN(C(=O)OC(C)(C)C)CC2)cc1OC(F)F. The fraction of sp³-hybridized carbons (Fsp3) is 0.579. The number of hydrogen-bond donors (Lipinski definition) is 1. The highest BCUT2D eigenvalue weighted by Gasteiger charge is 2.26. The monoisotopic (exact) mass is 414 g/mol. The molecule has 8 nitrogen and oxygen atoms in total. The summed E-state index contributed by atoms with van der Waals surface area (Å²) in [6.07, 6.45) is -0.350. The number of amides is 1. The first-order valence-electron chi connectivity index (χ1n) is 9.23. The van der Waals surface area contributed by atoms with Crippen molar-refractivity contribution >= 4 is 12.1 Å². The van der Waals surface area contributed by atoms with Crippen LogP contribution in [0, 0.1) is 0 Å². The number of aliphatic imine (C=N–C) groups is 1. The van der Waals surface area contributed by atoms with Gasteiger partial charge >= 0.3 is 12.7 Å². The molecule has 1 aromatic rings. The molecule has 0 radical (unpaired) electrons. The molecule has 1 aliphatic rings. The number of nitrogens with two attached hydrogens (primary N) is 1. The van der Waals surface area contributed by atoms with E-state index < -0.39 is 12.2 Å². The summed E-state index contributed by atoms with van der Waals surface area (Å²) in [5.41, 5.74) is 6.17. The fourth-order valence-corrected chi connectivity index (χ4v) is 2.72. The van der Waals surface area contributed by atoms with Crippen LogP contribution in [0.4, 0.5) is 13.6 Å². The van der Waals surface area contributed by atoms with Crippen LogP contribution in [-0.2, 0) is 11.3 Å². The maximum atomic E-state index is 12.5. The molecule has 1 fully saturated rings. The second-order valence-corrected chi connectivity index (χ2v) is 7.49. The van der Waals surface area contributed by atoms with Crippen molar-refractivity contribution in [2.45, 2.75) is 39.5 Å². The quantitative estimate of drug-likeness (QED) is 0.589. The molecule has 0 atom stereocenters. The minimum atomic E-state index is -2.95. The Kier molecular flexibility index (Phi) is 7.46. The number of ether oxygens (including phenoxy) is 3. The van der Waals surface area contributed by atoms with Crippen molar-refractivity contribution in [1.82, 2.24) is 9.80 Å². The lowest BCUT2D eigenvalue weighted by atomic mass is 10.2. The van der Waals surface area contributed by atoms with Crippen LogP contribution >= 0.6 is 0 Å². The minimum Gasteiger partial charge on any atom is -0.493 e. The van der Waals surface area contributed by atoms with Crippen LogP contribution in [0.5, 0.6) is 11.5 Å². The van der Waals surface area contributed by atoms with E-state index in [4.69, 9.17) is 15.2 Å². The van der Waals surface area contributed by atoms with Gasteiger partial charge in [-0.15, -0.1) is 0 Å². The van der Waals surface area contributed by atoms with E-state index in [-0.39, 0.29) is 24.1 Å². The first-order valence-corrected chi connectivity index (χ1v) is 9.23. The van der Waals surface area contributed by atoms with Crippen molar-refractivity contribution in [2.24, 2.45) is 10.7 Å². The fourth-order valence-electron chi connectivity index (χ4n) is 2.72. The summed E-state index contributed by atoms with van der Waals surface area (Å²) in [7, 11) is 1.38. The maximum absolute atomic E-state index is 12.5. The second-order valence-electron chi connectivity index (χ2n) is 7.49. The molecule has 1 amide bonds. The number of carbonyl (C=O) groups excluding carboxylic acids is 1. The number of piperazine rings is 1. The molecule has 1 aromatic carbocycles. The van der Waals surface area contributed by atoms with Crippen LogP contribution in [0.2, 0.25) is 0 Å². The molecule has 2 rings (SSSR count). The van der Waals surface area contributed by atoms with Crippen molar-refractivity contribution in [2.75, 3.05) is 33.3 Å². The second kappa shape index (κ2) is 9.62. The van der Waals surface area contributed by atoms with Crippen LogP contribution in [0.3, 0.4) is 0 Å². The summed E-state index contributed by atoms with van der Waals surface area (Å²) in [4.78, 5) is 19.9. The number of carbonyl (C=O) groups is 1. The van der Waals surface area contributed by atoms with Gasteiger partial charge in [0.15, 0.2) is 17.5 Å². The molecule has 162 valence electrons. The molecular weight excluding hydrogens is 386 g/mol. The van der Waals surface area contributed by atoms with Crippen molar-refractivity contribution in [1.29, 1.82) is 0 Å². The van der Waals surface area contributed by atoms with Gasteiger partial charge in [-0.2, -0.15) is 8.78 Å². The lowest BCUT2D eigenvalue weighted by molar-refractivity contribution is -0.0512. The summed E-state index contributed by atoms with van der Waals surface area (Å²) in [5.74, 6) is 0.477. The molecule has 29 heavy (non-hydrogen) atoms. The summed E-state index contributed by atoms with van der Waals surface area (Å²) in [5, 5.41) is 0. The largest absolute Gasteiger partial charge is 0.493 e. The molecule has 0 unspecified atom stereocenters. The van der Waals surface area contributed by atoms with E-state index in [1.807, 2.05) is 25.7 Å². The molecule has 0 aromatic heterocycles. The first kappa shape index (κ1) is 22.5. The zero-order chi connectivity index (χ0) is 21.6. The molecule has 1 aliphatic heterocycles. The molecule has 10 heteroatoms. The summed E-state index contributed by atoms with van der Waals surface area (Å²) < 4.78 is 39.9. The average Bonchev–Trinajstić information content (AvgIpc) is 2.64. The lowest BCUT2D eigenvalue weighted by Crippen LogP contribution is -2.53. The smallest absolute Gasteiger partial charge is 0.410 e. The van der Waals surface area contributed by atoms with Crippen LogP contribution < -0.4 is 15.2 Å². The maximum Gasteiger partial charge on any atom is 0.410 e. The highest BCUT2D eigenvalue weighted by Crippen LogP contribution is 2.29. The van der Waals surface area contributed by atoms with Crippen LogP contribution in [-0.4, -0.2) is 67.4 Å². The van der Waals surface area contributed by atoms with Gasteiger partial charge in [-0.1, -0.05) is 6.07 Å². The molecule has 0 saturated carbocycles. The Morgan fingerprint density at radius 3 is 2.34 bits per heavy atom. The Morgan fingerprint density at radius 2 is 1.79 bits per heavy atom. The van der Waals surface area contributed by atoms with Crippen molar-refractivity contribution in [3.63, 3.8) is 0 Å². The lowest BCUT2D eigenvalue weighted by Gasteiger charge is -2.36. The van der Waals surface area contributed by atoms with Crippen molar-refractivity contribution in [3.8, 4) is 11.5 Å². The number of benzene rings is 1. The predicted octanol–water partition coefficient (Wildman–Crippen LogP) is 2.66. The van der Waals surface area contributed by atoms with Gasteiger partial charge in [-0.05, 0) is 38.5 Å². The molecule has 0 aliphatic carbocycles. The highest BCUT2D eigenvalue weighted by atomic mass is 19.3. The van der Waals surface area contributed by atoms with E-state index in [0.717, 1.165) is 0 Å². The van der Waals surface area contributed by atoms with Gasteiger partial charge in [0, 0.05) is 26.2 Å². The Hall–Kier alpha value is -2.78. The molecule has 1 saturated heterocycles. The zero-order valence-electron chi connectivity index (χ0n) is 17.2. The van der Waals surface area contributed by atoms with Gasteiger partial charge in [0.05, 0.1) is 13.7 Å².